The molecule has 9 heteroatoms. The lowest BCUT2D eigenvalue weighted by Gasteiger charge is -2.60. The zero-order valence-electron chi connectivity index (χ0n) is 23.8. The van der Waals surface area contributed by atoms with E-state index in [-0.39, 0.29) is 11.8 Å². The van der Waals surface area contributed by atoms with Gasteiger partial charge in [-0.15, -0.1) is 0 Å². The molecule has 1 saturated carbocycles. The van der Waals surface area contributed by atoms with Gasteiger partial charge in [0.05, 0.1) is 6.21 Å². The highest BCUT2D eigenvalue weighted by Gasteiger charge is 2.69. The molecule has 1 unspecified atom stereocenters. The third kappa shape index (κ3) is 5.14. The fourth-order valence-corrected chi connectivity index (χ4v) is 7.32. The molecule has 0 radical (unpaired) electrons. The van der Waals surface area contributed by atoms with Gasteiger partial charge in [0.1, 0.15) is 5.75 Å². The number of fused-ring (bicyclic) bond motifs is 2. The molecular weight excluding hydrogens is 526 g/mol. The summed E-state index contributed by atoms with van der Waals surface area (Å²) in [6.45, 7) is 10.6. The number of thiocarbonyl (C=S) groups is 1. The van der Waals surface area contributed by atoms with Gasteiger partial charge in [0.15, 0.2) is 17.0 Å². The van der Waals surface area contributed by atoms with E-state index in [2.05, 4.69) is 49.6 Å². The van der Waals surface area contributed by atoms with Crippen molar-refractivity contribution in [1.82, 2.24) is 5.43 Å². The topological polar surface area (TPSA) is 82.6 Å². The van der Waals surface area contributed by atoms with E-state index in [4.69, 9.17) is 36.2 Å². The normalized spacial score (nSPS) is 36.5. The maximum Gasteiger partial charge on any atom is 0.205 e. The summed E-state index contributed by atoms with van der Waals surface area (Å²) in [5.74, 6) is 1.12. The molecule has 214 valence electrons. The van der Waals surface area contributed by atoms with Crippen LogP contribution in [0.5, 0.6) is 5.75 Å². The fraction of sp³-hybridized carbons (Fsp3) is 0.548. The van der Waals surface area contributed by atoms with Crippen molar-refractivity contribution in [3.8, 4) is 5.75 Å². The van der Waals surface area contributed by atoms with Crippen LogP contribution in [-0.2, 0) is 19.2 Å². The van der Waals surface area contributed by atoms with Gasteiger partial charge in [0.25, 0.3) is 0 Å². The average molecular weight is 566 g/mol. The molecule has 8 atom stereocenters. The van der Waals surface area contributed by atoms with Crippen molar-refractivity contribution >= 4 is 29.2 Å². The van der Waals surface area contributed by atoms with Crippen molar-refractivity contribution in [3.05, 3.63) is 59.2 Å². The molecule has 0 aromatic heterocycles. The van der Waals surface area contributed by atoms with E-state index >= 15 is 0 Å². The highest BCUT2D eigenvalue weighted by atomic mass is 32.1. The first kappa shape index (κ1) is 27.6. The van der Waals surface area contributed by atoms with Crippen LogP contribution < -0.4 is 15.5 Å². The Labute approximate surface area is 241 Å². The monoisotopic (exact) mass is 565 g/mol. The number of benzene rings is 2. The van der Waals surface area contributed by atoms with Crippen LogP contribution in [0.4, 0.5) is 5.69 Å². The van der Waals surface area contributed by atoms with Crippen LogP contribution in [0.1, 0.15) is 63.1 Å². The second-order valence-corrected chi connectivity index (χ2v) is 12.6. The number of hydrogen-bond donors (Lipinski definition) is 2. The molecule has 4 aliphatic heterocycles. The Bertz CT molecular complexity index is 1270. The summed E-state index contributed by atoms with van der Waals surface area (Å²) in [6, 6.07) is 14.0. The number of ether oxygens (including phenoxy) is 3. The van der Waals surface area contributed by atoms with Crippen LogP contribution in [0.2, 0.25) is 0 Å². The number of nitrogens with zero attached hydrogens (tertiary/aromatic N) is 1. The minimum atomic E-state index is -0.797. The smallest absolute Gasteiger partial charge is 0.205 e. The SMILES string of the molecule is Cc1cc(C)cc(NC(=S)N/N=C/c2ccc(O[C@H]3OC4O[C@]5(C)CC[C@H]6[C@H](C)CC[C@@H]([C@H]3C)[C@@]46OO5)cc2)c1. The molecular formula is C31H39N3O5S. The van der Waals surface area contributed by atoms with Gasteiger partial charge in [0, 0.05) is 23.9 Å². The zero-order chi connectivity index (χ0) is 28.1. The van der Waals surface area contributed by atoms with E-state index in [0.717, 1.165) is 42.7 Å². The summed E-state index contributed by atoms with van der Waals surface area (Å²) in [4.78, 5) is 12.1. The summed E-state index contributed by atoms with van der Waals surface area (Å²) in [7, 11) is 0. The molecule has 0 amide bonds. The minimum absolute atomic E-state index is 0.108. The Balaban J connectivity index is 1.09. The molecule has 2 aromatic rings. The third-order valence-electron chi connectivity index (χ3n) is 9.09. The summed E-state index contributed by atoms with van der Waals surface area (Å²) >= 11 is 5.38. The third-order valence-corrected chi connectivity index (χ3v) is 9.28. The number of hydrazone groups is 1. The second kappa shape index (κ2) is 10.7. The van der Waals surface area contributed by atoms with E-state index < -0.39 is 24.0 Å². The molecule has 2 aromatic carbocycles. The lowest BCUT2D eigenvalue weighted by atomic mass is 9.58. The summed E-state index contributed by atoms with van der Waals surface area (Å²) in [5, 5.41) is 7.87. The number of hydrogen-bond acceptors (Lipinski definition) is 7. The van der Waals surface area contributed by atoms with Gasteiger partial charge in [-0.05, 0) is 117 Å². The Morgan fingerprint density at radius 2 is 1.77 bits per heavy atom. The first-order valence-corrected chi connectivity index (χ1v) is 14.7. The predicted octanol–water partition coefficient (Wildman–Crippen LogP) is 6.21. The van der Waals surface area contributed by atoms with E-state index in [1.807, 2.05) is 43.3 Å². The van der Waals surface area contributed by atoms with Gasteiger partial charge in [-0.25, -0.2) is 9.78 Å². The van der Waals surface area contributed by atoms with Gasteiger partial charge in [-0.1, -0.05) is 19.9 Å². The van der Waals surface area contributed by atoms with E-state index in [1.54, 1.807) is 6.21 Å². The number of aryl methyl sites for hydroxylation is 2. The fourth-order valence-electron chi connectivity index (χ4n) is 7.14. The van der Waals surface area contributed by atoms with Crippen LogP contribution in [0.3, 0.4) is 0 Å². The molecule has 4 saturated heterocycles. The molecule has 4 heterocycles. The summed E-state index contributed by atoms with van der Waals surface area (Å²) < 4.78 is 19.4. The Morgan fingerprint density at radius 3 is 2.52 bits per heavy atom. The van der Waals surface area contributed by atoms with Crippen molar-refractivity contribution in [3.63, 3.8) is 0 Å². The molecule has 8 nitrogen and oxygen atoms in total. The quantitative estimate of drug-likeness (QED) is 0.192. The number of rotatable bonds is 5. The number of nitrogens with one attached hydrogen (secondary N) is 2. The molecule has 5 fully saturated rings. The maximum absolute atomic E-state index is 6.54. The van der Waals surface area contributed by atoms with Gasteiger partial charge < -0.3 is 19.5 Å². The first-order chi connectivity index (χ1) is 19.1. The van der Waals surface area contributed by atoms with Crippen LogP contribution >= 0.6 is 12.2 Å². The molecule has 2 bridgehead atoms. The lowest BCUT2D eigenvalue weighted by Crippen LogP contribution is -2.70. The lowest BCUT2D eigenvalue weighted by molar-refractivity contribution is -0.575. The van der Waals surface area contributed by atoms with Crippen molar-refractivity contribution in [2.45, 2.75) is 84.3 Å². The van der Waals surface area contributed by atoms with Gasteiger partial charge in [-0.2, -0.15) is 5.10 Å². The van der Waals surface area contributed by atoms with E-state index in [1.165, 1.54) is 11.1 Å². The maximum atomic E-state index is 6.54. The Hall–Kier alpha value is -2.56. The summed E-state index contributed by atoms with van der Waals surface area (Å²) in [6.07, 6.45) is 4.75. The van der Waals surface area contributed by atoms with Crippen molar-refractivity contribution in [1.29, 1.82) is 0 Å². The standard InChI is InChI=1S/C31H39N3O5S/c1-18-14-19(2)16-23(15-18)33-29(40)34-32-17-22-7-9-24(10-8-22)35-27-21(4)26-11-6-20(3)25-12-13-30(5)37-28(36-27)31(25,26)39-38-30/h7-10,14-17,20-21,25-28H,6,11-13H2,1-5H3,(H2,33,34,40)/b32-17+/t20-,21-,25+,26+,27+,28?,30+,31-/m1/s1. The van der Waals surface area contributed by atoms with Crippen LogP contribution in [0.25, 0.3) is 0 Å². The number of anilines is 1. The van der Waals surface area contributed by atoms with Gasteiger partial charge in [-0.3, -0.25) is 5.43 Å². The molecule has 5 aliphatic rings. The Kier molecular flexibility index (Phi) is 7.37. The highest BCUT2D eigenvalue weighted by Crippen LogP contribution is 2.60. The average Bonchev–Trinajstić information content (AvgIpc) is 3.13. The molecule has 40 heavy (non-hydrogen) atoms. The molecule has 7 rings (SSSR count). The van der Waals surface area contributed by atoms with Crippen molar-refractivity contribution < 1.29 is 24.0 Å². The van der Waals surface area contributed by atoms with Crippen LogP contribution in [-0.4, -0.2) is 35.3 Å². The first-order valence-electron chi connectivity index (χ1n) is 14.3. The van der Waals surface area contributed by atoms with Crippen molar-refractivity contribution in [2.75, 3.05) is 5.32 Å². The summed E-state index contributed by atoms with van der Waals surface area (Å²) in [5.41, 5.74) is 6.48. The van der Waals surface area contributed by atoms with E-state index in [9.17, 15) is 0 Å². The largest absolute Gasteiger partial charge is 0.465 e. The highest BCUT2D eigenvalue weighted by molar-refractivity contribution is 7.80. The van der Waals surface area contributed by atoms with E-state index in [0.29, 0.717) is 16.9 Å². The molecule has 2 N–H and O–H groups in total. The van der Waals surface area contributed by atoms with Gasteiger partial charge >= 0.3 is 0 Å². The zero-order valence-corrected chi connectivity index (χ0v) is 24.6. The van der Waals surface area contributed by atoms with Crippen molar-refractivity contribution in [2.24, 2.45) is 28.8 Å². The predicted molar refractivity (Wildman–Crippen MR) is 157 cm³/mol. The Morgan fingerprint density at radius 1 is 1.02 bits per heavy atom. The van der Waals surface area contributed by atoms with Crippen LogP contribution in [0.15, 0.2) is 47.6 Å². The van der Waals surface area contributed by atoms with Crippen LogP contribution in [0, 0.1) is 37.5 Å². The molecule has 1 aliphatic carbocycles. The molecule has 1 spiro atoms. The van der Waals surface area contributed by atoms with Gasteiger partial charge in [0.2, 0.25) is 12.1 Å². The second-order valence-electron chi connectivity index (χ2n) is 12.2. The minimum Gasteiger partial charge on any atom is -0.465 e.